The molecule has 7 heteroatoms. The maximum absolute atomic E-state index is 13.2. The molecule has 0 aliphatic heterocycles. The minimum absolute atomic E-state index is 0.0685. The predicted octanol–water partition coefficient (Wildman–Crippen LogP) is 4.42. The first-order valence-corrected chi connectivity index (χ1v) is 9.63. The number of aromatic carboxylic acids is 1. The summed E-state index contributed by atoms with van der Waals surface area (Å²) < 4.78 is 11.1. The van der Waals surface area contributed by atoms with E-state index in [9.17, 15) is 14.7 Å². The van der Waals surface area contributed by atoms with Crippen molar-refractivity contribution >= 4 is 23.8 Å². The van der Waals surface area contributed by atoms with E-state index in [0.29, 0.717) is 0 Å². The Labute approximate surface area is 163 Å². The molecule has 0 bridgehead atoms. The molecule has 0 spiro atoms. The topological polar surface area (TPSA) is 92.9 Å². The van der Waals surface area contributed by atoms with Crippen molar-refractivity contribution < 1.29 is 23.8 Å². The smallest absolute Gasteiger partial charge is 0.423 e. The summed E-state index contributed by atoms with van der Waals surface area (Å²) in [6.07, 6.45) is 6.25. The van der Waals surface area contributed by atoms with Gasteiger partial charge in [-0.05, 0) is 81.5 Å². The maximum atomic E-state index is 13.2. The van der Waals surface area contributed by atoms with Crippen LogP contribution in [-0.4, -0.2) is 27.8 Å². The Bertz CT molecular complexity index is 922. The summed E-state index contributed by atoms with van der Waals surface area (Å²) in [5, 5.41) is 9.22. The Morgan fingerprint density at radius 2 is 1.71 bits per heavy atom. The van der Waals surface area contributed by atoms with Gasteiger partial charge >= 0.3 is 18.1 Å². The zero-order valence-electron chi connectivity index (χ0n) is 16.4. The average molecular weight is 384 g/mol. The summed E-state index contributed by atoms with van der Waals surface area (Å²) >= 11 is 0. The number of rotatable bonds is 3. The third-order valence-electron chi connectivity index (χ3n) is 5.14. The molecular formula is C21H24N2O5. The molecule has 28 heavy (non-hydrogen) atoms. The van der Waals surface area contributed by atoms with E-state index in [2.05, 4.69) is 11.1 Å². The molecule has 2 aromatic rings. The molecule has 0 saturated heterocycles. The second-order valence-electron chi connectivity index (χ2n) is 8.34. The van der Waals surface area contributed by atoms with Crippen LogP contribution < -0.4 is 4.90 Å². The molecule has 0 saturated carbocycles. The van der Waals surface area contributed by atoms with Crippen molar-refractivity contribution in [2.45, 2.75) is 64.9 Å². The SMILES string of the molecule is CC(C)(C)OC(=O)N(c1ncc(C(=O)O)o1)c1c2c(cc3c1CCC3)CCC2. The van der Waals surface area contributed by atoms with Crippen LogP contribution in [0.25, 0.3) is 0 Å². The second kappa shape index (κ2) is 6.65. The van der Waals surface area contributed by atoms with E-state index in [4.69, 9.17) is 9.15 Å². The molecule has 0 unspecified atom stereocenters. The highest BCUT2D eigenvalue weighted by Gasteiger charge is 2.35. The second-order valence-corrected chi connectivity index (χ2v) is 8.34. The molecule has 4 rings (SSSR count). The fourth-order valence-electron chi connectivity index (χ4n) is 4.10. The zero-order valence-corrected chi connectivity index (χ0v) is 16.4. The van der Waals surface area contributed by atoms with E-state index in [1.165, 1.54) is 16.0 Å². The number of carbonyl (C=O) groups is 2. The highest BCUT2D eigenvalue weighted by molar-refractivity contribution is 5.97. The molecule has 1 amide bonds. The molecule has 2 aliphatic carbocycles. The van der Waals surface area contributed by atoms with Crippen molar-refractivity contribution in [3.63, 3.8) is 0 Å². The van der Waals surface area contributed by atoms with Gasteiger partial charge in [-0.15, -0.1) is 0 Å². The molecule has 0 radical (unpaired) electrons. The number of oxazole rings is 1. The fourth-order valence-corrected chi connectivity index (χ4v) is 4.10. The number of fused-ring (bicyclic) bond motifs is 2. The van der Waals surface area contributed by atoms with Crippen LogP contribution in [0.2, 0.25) is 0 Å². The average Bonchev–Trinajstić information content (AvgIpc) is 3.32. The normalized spacial score (nSPS) is 15.2. The summed E-state index contributed by atoms with van der Waals surface area (Å²) in [6.45, 7) is 5.38. The van der Waals surface area contributed by atoms with Gasteiger partial charge in [-0.1, -0.05) is 6.07 Å². The number of hydrogen-bond donors (Lipinski definition) is 1. The molecule has 1 N–H and O–H groups in total. The Morgan fingerprint density at radius 1 is 1.11 bits per heavy atom. The highest BCUT2D eigenvalue weighted by Crippen LogP contribution is 2.43. The van der Waals surface area contributed by atoms with Gasteiger partial charge in [0.2, 0.25) is 5.76 Å². The number of aryl methyl sites for hydroxylation is 2. The van der Waals surface area contributed by atoms with Gasteiger partial charge in [-0.25, -0.2) is 14.6 Å². The Kier molecular flexibility index (Phi) is 4.40. The number of aromatic nitrogens is 1. The van der Waals surface area contributed by atoms with Crippen LogP contribution in [0, 0.1) is 0 Å². The van der Waals surface area contributed by atoms with Gasteiger partial charge in [0.05, 0.1) is 11.9 Å². The van der Waals surface area contributed by atoms with E-state index in [1.54, 1.807) is 20.8 Å². The predicted molar refractivity (Wildman–Crippen MR) is 102 cm³/mol. The lowest BCUT2D eigenvalue weighted by atomic mass is 9.98. The van der Waals surface area contributed by atoms with Gasteiger partial charge in [-0.3, -0.25) is 0 Å². The summed E-state index contributed by atoms with van der Waals surface area (Å²) in [4.78, 5) is 29.9. The molecule has 7 nitrogen and oxygen atoms in total. The third-order valence-corrected chi connectivity index (χ3v) is 5.14. The number of nitrogens with zero attached hydrogens (tertiary/aromatic N) is 2. The largest absolute Gasteiger partial charge is 0.475 e. The molecule has 1 aromatic heterocycles. The third kappa shape index (κ3) is 3.25. The van der Waals surface area contributed by atoms with Crippen molar-refractivity contribution in [2.24, 2.45) is 0 Å². The fraction of sp³-hybridized carbons (Fsp3) is 0.476. The number of benzene rings is 1. The van der Waals surface area contributed by atoms with Gasteiger partial charge in [0.1, 0.15) is 5.60 Å². The number of anilines is 2. The number of carboxylic acids is 1. The molecule has 0 fully saturated rings. The van der Waals surface area contributed by atoms with Crippen molar-refractivity contribution in [1.82, 2.24) is 4.98 Å². The quantitative estimate of drug-likeness (QED) is 0.842. The lowest BCUT2D eigenvalue weighted by Crippen LogP contribution is -2.35. The first kappa shape index (κ1) is 18.5. The van der Waals surface area contributed by atoms with Crippen LogP contribution in [0.1, 0.15) is 66.4 Å². The van der Waals surface area contributed by atoms with Crippen molar-refractivity contribution in [3.05, 3.63) is 40.3 Å². The Hall–Kier alpha value is -2.83. The number of carboxylic acid groups (broad SMARTS) is 1. The maximum Gasteiger partial charge on any atom is 0.423 e. The van der Waals surface area contributed by atoms with Gasteiger partial charge in [0.25, 0.3) is 0 Å². The van der Waals surface area contributed by atoms with Gasteiger partial charge in [0, 0.05) is 0 Å². The van der Waals surface area contributed by atoms with Crippen LogP contribution in [0.3, 0.4) is 0 Å². The number of amides is 1. The molecular weight excluding hydrogens is 360 g/mol. The lowest BCUT2D eigenvalue weighted by Gasteiger charge is -2.28. The summed E-state index contributed by atoms with van der Waals surface area (Å²) in [5.74, 6) is -1.54. The van der Waals surface area contributed by atoms with Gasteiger partial charge in [-0.2, -0.15) is 4.90 Å². The van der Waals surface area contributed by atoms with E-state index < -0.39 is 17.7 Å². The van der Waals surface area contributed by atoms with Crippen LogP contribution in [0.15, 0.2) is 16.7 Å². The van der Waals surface area contributed by atoms with Crippen LogP contribution >= 0.6 is 0 Å². The first-order valence-electron chi connectivity index (χ1n) is 9.63. The Morgan fingerprint density at radius 3 is 2.21 bits per heavy atom. The van der Waals surface area contributed by atoms with Gasteiger partial charge in [0.15, 0.2) is 0 Å². The van der Waals surface area contributed by atoms with E-state index in [-0.39, 0.29) is 11.8 Å². The molecule has 1 heterocycles. The monoisotopic (exact) mass is 384 g/mol. The van der Waals surface area contributed by atoms with Crippen molar-refractivity contribution in [3.8, 4) is 0 Å². The van der Waals surface area contributed by atoms with Crippen molar-refractivity contribution in [1.29, 1.82) is 0 Å². The lowest BCUT2D eigenvalue weighted by molar-refractivity contribution is 0.0583. The summed E-state index contributed by atoms with van der Waals surface area (Å²) in [7, 11) is 0. The summed E-state index contributed by atoms with van der Waals surface area (Å²) in [5.41, 5.74) is 4.78. The van der Waals surface area contributed by atoms with E-state index in [0.717, 1.165) is 61.5 Å². The standard InChI is InChI=1S/C21H24N2O5/c1-21(2,3)28-20(26)23(19-22-11-16(27-19)18(24)25)17-14-8-4-6-12(14)10-13-7-5-9-15(13)17/h10-11H,4-9H2,1-3H3,(H,24,25). The van der Waals surface area contributed by atoms with Crippen molar-refractivity contribution in [2.75, 3.05) is 4.90 Å². The number of ether oxygens (including phenoxy) is 1. The number of hydrogen-bond acceptors (Lipinski definition) is 5. The minimum Gasteiger partial charge on any atom is -0.475 e. The van der Waals surface area contributed by atoms with Crippen LogP contribution in [0.4, 0.5) is 16.5 Å². The number of carbonyl (C=O) groups excluding carboxylic acids is 1. The summed E-state index contributed by atoms with van der Waals surface area (Å²) in [6, 6.07) is 2.20. The molecule has 0 atom stereocenters. The molecule has 1 aromatic carbocycles. The first-order chi connectivity index (χ1) is 13.2. The van der Waals surface area contributed by atoms with E-state index in [1.807, 2.05) is 0 Å². The Balaban J connectivity index is 1.89. The van der Waals surface area contributed by atoms with Gasteiger partial charge < -0.3 is 14.3 Å². The van der Waals surface area contributed by atoms with Crippen LogP contribution in [-0.2, 0) is 30.4 Å². The van der Waals surface area contributed by atoms with Crippen LogP contribution in [0.5, 0.6) is 0 Å². The molecule has 148 valence electrons. The molecule has 2 aliphatic rings. The zero-order chi connectivity index (χ0) is 20.1. The highest BCUT2D eigenvalue weighted by atomic mass is 16.6. The van der Waals surface area contributed by atoms with E-state index >= 15 is 0 Å². The minimum atomic E-state index is -1.23.